The van der Waals surface area contributed by atoms with E-state index in [4.69, 9.17) is 29.9 Å². The highest BCUT2D eigenvalue weighted by Gasteiger charge is 2.52. The highest BCUT2D eigenvalue weighted by molar-refractivity contribution is 5.88. The molecule has 0 aliphatic carbocycles. The van der Waals surface area contributed by atoms with Crippen molar-refractivity contribution in [2.75, 3.05) is 122 Å². The molecule has 10 heterocycles. The van der Waals surface area contributed by atoms with Crippen LogP contribution in [0, 0.1) is 0 Å². The van der Waals surface area contributed by atoms with Crippen LogP contribution in [-0.2, 0) is 19.2 Å². The van der Waals surface area contributed by atoms with Crippen LogP contribution in [0.4, 0.5) is 35.7 Å². The Morgan fingerprint density at radius 3 is 0.629 bits per heavy atom. The number of hydrogen-bond acceptors (Lipinski definition) is 24. The number of nitrogens with zero attached hydrogens (tertiary/aromatic N) is 14. The molecule has 8 aliphatic rings. The first-order chi connectivity index (χ1) is 52.7. The van der Waals surface area contributed by atoms with E-state index in [2.05, 4.69) is 239 Å². The molecular weight excluding hydrogens is 1460 g/mol. The van der Waals surface area contributed by atoms with Crippen molar-refractivity contribution in [3.05, 3.63) is 0 Å². The fraction of sp³-hybridized carbons (Fsp3) is 0.886. The molecular formula is C88H162N24O4. The number of nitrogens with one attached hydrogen (secondary N) is 10. The van der Waals surface area contributed by atoms with Crippen molar-refractivity contribution >= 4 is 59.3 Å². The van der Waals surface area contributed by atoms with Crippen molar-refractivity contribution in [1.82, 2.24) is 92.0 Å². The van der Waals surface area contributed by atoms with Gasteiger partial charge in [-0.3, -0.25) is 40.4 Å². The fourth-order valence-electron chi connectivity index (χ4n) is 23.3. The molecule has 0 bridgehead atoms. The van der Waals surface area contributed by atoms with E-state index in [1.807, 2.05) is 75.0 Å². The number of amides is 4. The lowest BCUT2D eigenvalue weighted by Gasteiger charge is -2.51. The SMILES string of the molecule is CC1(C)CC(N(CCN2CC(C)(C)NC(C)(C)C2=O)c2nc(NCCCCCCNc3nc(N(CCN4CC(C)(C)NC(C)(C)C4=O)C4CC(C)(C)NC(C)(C)C4)nc(N(CCN4CC(C)(C)NC(C)(C)C4=O)C4CC(C)(C)NC(C)(C)C4)n3)nc(N(CCN3CC(C)(C)NC(C)(C)C3=O)C3CC(C)(C)NC(C)(C)C3)n2)CC(C)(C)N1. The maximum atomic E-state index is 14.5. The summed E-state index contributed by atoms with van der Waals surface area (Å²) in [4.78, 5) is 109. The van der Waals surface area contributed by atoms with E-state index in [9.17, 15) is 19.2 Å². The Bertz CT molecular complexity index is 3290. The standard InChI is InChI=1S/C88H162N24O4/c1-73(2)47-59(48-74(3,4)97-73)109(43-39-105-55-81(17,18)101-85(25,26)63(105)113)69-91-67(92-70(95-69)110(60-49-75(5,6)98-76(7,8)50-60)44-40-106-56-82(19,20)102-86(27,28)64(106)114)89-37-35-33-34-36-38-90-68-93-71(111(61-51-77(9,10)99-78(11,12)52-61)45-41-107-57-83(21,22)103-87(29,30)65(107)115)96-72(94-68)112(62-53-79(13,14)100-80(15,16)54-62)46-42-108-58-84(23,24)104-88(31,32)66(108)116/h59-62,97-104H,33-58H2,1-32H3,(H,89,91,92,95)(H,90,93,94,96). The van der Waals surface area contributed by atoms with Gasteiger partial charge in [-0.15, -0.1) is 0 Å². The zero-order valence-electron chi connectivity index (χ0n) is 78.6. The summed E-state index contributed by atoms with van der Waals surface area (Å²) in [6, 6.07) is 0.0270. The predicted octanol–water partition coefficient (Wildman–Crippen LogP) is 9.56. The third-order valence-corrected chi connectivity index (χ3v) is 25.0. The van der Waals surface area contributed by atoms with Crippen LogP contribution in [0.5, 0.6) is 0 Å². The first-order valence-corrected chi connectivity index (χ1v) is 44.3. The van der Waals surface area contributed by atoms with E-state index in [1.54, 1.807) is 0 Å². The second kappa shape index (κ2) is 32.6. The summed E-state index contributed by atoms with van der Waals surface area (Å²) in [5.41, 5.74) is -5.99. The van der Waals surface area contributed by atoms with Gasteiger partial charge in [0.05, 0.1) is 22.2 Å². The average Bonchev–Trinajstić information content (AvgIpc) is 0.766. The molecule has 0 spiro atoms. The lowest BCUT2D eigenvalue weighted by atomic mass is 9.79. The van der Waals surface area contributed by atoms with E-state index in [1.165, 1.54) is 0 Å². The zero-order valence-corrected chi connectivity index (χ0v) is 78.6. The maximum Gasteiger partial charge on any atom is 0.242 e. The van der Waals surface area contributed by atoms with Gasteiger partial charge in [0.2, 0.25) is 59.3 Å². The van der Waals surface area contributed by atoms with Crippen molar-refractivity contribution in [3.63, 3.8) is 0 Å². The van der Waals surface area contributed by atoms with Gasteiger partial charge in [-0.25, -0.2) is 0 Å². The lowest BCUT2D eigenvalue weighted by molar-refractivity contribution is -0.143. The first kappa shape index (κ1) is 92.7. The van der Waals surface area contributed by atoms with Gasteiger partial charge in [-0.1, -0.05) is 12.8 Å². The number of aromatic nitrogens is 6. The number of anilines is 6. The molecule has 4 amide bonds. The molecule has 10 N–H and O–H groups in total. The Balaban J connectivity index is 0.976. The summed E-state index contributed by atoms with van der Waals surface area (Å²) in [5, 5.41) is 37.8. The van der Waals surface area contributed by atoms with Gasteiger partial charge in [0.15, 0.2) is 0 Å². The van der Waals surface area contributed by atoms with E-state index in [0.29, 0.717) is 127 Å². The summed E-state index contributed by atoms with van der Waals surface area (Å²) in [6.07, 6.45) is 10.1. The summed E-state index contributed by atoms with van der Waals surface area (Å²) >= 11 is 0. The molecule has 28 nitrogen and oxygen atoms in total. The van der Waals surface area contributed by atoms with Gasteiger partial charge in [0.25, 0.3) is 0 Å². The van der Waals surface area contributed by atoms with Crippen LogP contribution >= 0.6 is 0 Å². The van der Waals surface area contributed by atoms with Crippen molar-refractivity contribution in [2.45, 2.75) is 411 Å². The van der Waals surface area contributed by atoms with E-state index < -0.39 is 22.2 Å². The third-order valence-electron chi connectivity index (χ3n) is 25.0. The molecule has 2 aromatic heterocycles. The molecule has 0 aromatic carbocycles. The highest BCUT2D eigenvalue weighted by Crippen LogP contribution is 2.41. The topological polar surface area (TPSA) is 292 Å². The molecule has 116 heavy (non-hydrogen) atoms. The second-order valence-electron chi connectivity index (χ2n) is 46.8. The Kier molecular flexibility index (Phi) is 26.1. The number of piperazine rings is 4. The van der Waals surface area contributed by atoms with Gasteiger partial charge in [0.1, 0.15) is 0 Å². The van der Waals surface area contributed by atoms with Crippen LogP contribution in [-0.4, -0.2) is 278 Å². The van der Waals surface area contributed by atoms with Crippen LogP contribution < -0.4 is 72.8 Å². The first-order valence-electron chi connectivity index (χ1n) is 44.3. The summed E-state index contributed by atoms with van der Waals surface area (Å²) in [5.74, 6) is 3.61. The number of piperidine rings is 4. The lowest BCUT2D eigenvalue weighted by Crippen LogP contribution is -2.70. The fourth-order valence-corrected chi connectivity index (χ4v) is 23.3. The minimum Gasteiger partial charge on any atom is -0.354 e. The molecule has 658 valence electrons. The van der Waals surface area contributed by atoms with Crippen LogP contribution in [0.1, 0.15) is 299 Å². The Morgan fingerprint density at radius 2 is 0.448 bits per heavy atom. The molecule has 0 unspecified atom stereocenters. The van der Waals surface area contributed by atoms with E-state index in [-0.39, 0.29) is 114 Å². The predicted molar refractivity (Wildman–Crippen MR) is 473 cm³/mol. The average molecular weight is 1620 g/mol. The quantitative estimate of drug-likeness (QED) is 0.0339. The molecule has 2 aromatic rings. The molecule has 0 saturated carbocycles. The van der Waals surface area contributed by atoms with Crippen LogP contribution in [0.3, 0.4) is 0 Å². The number of hydrogen-bond donors (Lipinski definition) is 10. The molecule has 10 rings (SSSR count). The Hall–Kier alpha value is -5.62. The molecule has 28 heteroatoms. The molecule has 8 aliphatic heterocycles. The van der Waals surface area contributed by atoms with Crippen molar-refractivity contribution < 1.29 is 19.2 Å². The van der Waals surface area contributed by atoms with Gasteiger partial charge in [-0.05, 0) is 286 Å². The van der Waals surface area contributed by atoms with Crippen molar-refractivity contribution in [2.24, 2.45) is 0 Å². The molecule has 0 radical (unpaired) electrons. The number of unbranched alkanes of at least 4 members (excludes halogenated alkanes) is 3. The maximum absolute atomic E-state index is 14.5. The van der Waals surface area contributed by atoms with Crippen molar-refractivity contribution in [3.8, 4) is 0 Å². The highest BCUT2D eigenvalue weighted by atomic mass is 16.2. The van der Waals surface area contributed by atoms with Crippen LogP contribution in [0.2, 0.25) is 0 Å². The summed E-state index contributed by atoms with van der Waals surface area (Å²) in [7, 11) is 0. The third kappa shape index (κ3) is 23.8. The number of carbonyl (C=O) groups excluding carboxylic acids is 4. The summed E-state index contributed by atoms with van der Waals surface area (Å²) in [6.45, 7) is 77.4. The second-order valence-corrected chi connectivity index (χ2v) is 46.8. The van der Waals surface area contributed by atoms with E-state index >= 15 is 0 Å². The minimum absolute atomic E-state index is 0.00674. The largest absolute Gasteiger partial charge is 0.354 e. The number of rotatable bonds is 29. The molecule has 8 saturated heterocycles. The summed E-state index contributed by atoms with van der Waals surface area (Å²) < 4.78 is 0. The van der Waals surface area contributed by atoms with Gasteiger partial charge >= 0.3 is 0 Å². The zero-order chi connectivity index (χ0) is 86.4. The number of carbonyl (C=O) groups is 4. The Labute approximate surface area is 700 Å². The molecule has 8 fully saturated rings. The van der Waals surface area contributed by atoms with E-state index in [0.717, 1.165) is 77.0 Å². The Morgan fingerprint density at radius 1 is 0.267 bits per heavy atom. The minimum atomic E-state index is -0.747. The van der Waals surface area contributed by atoms with Crippen molar-refractivity contribution in [1.29, 1.82) is 0 Å². The van der Waals surface area contributed by atoms with Crippen LogP contribution in [0.25, 0.3) is 0 Å². The van der Waals surface area contributed by atoms with Gasteiger partial charge < -0.3 is 71.1 Å². The monoisotopic (exact) mass is 1620 g/mol. The van der Waals surface area contributed by atoms with Gasteiger partial charge in [-0.2, -0.15) is 29.9 Å². The van der Waals surface area contributed by atoms with Gasteiger partial charge in [0, 0.05) is 182 Å². The smallest absolute Gasteiger partial charge is 0.242 e. The molecule has 0 atom stereocenters. The normalized spacial score (nSPS) is 26.2. The van der Waals surface area contributed by atoms with Crippen LogP contribution in [0.15, 0.2) is 0 Å².